The van der Waals surface area contributed by atoms with Crippen LogP contribution in [0.2, 0.25) is 5.02 Å². The Balaban J connectivity index is 1.51. The Morgan fingerprint density at radius 3 is 2.44 bits per heavy atom. The molecule has 0 bridgehead atoms. The van der Waals surface area contributed by atoms with Crippen LogP contribution in [0.4, 0.5) is 5.69 Å². The second-order valence-electron chi connectivity index (χ2n) is 6.93. The lowest BCUT2D eigenvalue weighted by atomic mass is 9.81. The summed E-state index contributed by atoms with van der Waals surface area (Å²) in [4.78, 5) is 49.6. The number of anilines is 1. The van der Waals surface area contributed by atoms with Gasteiger partial charge in [0.05, 0.1) is 11.8 Å². The zero-order valence-electron chi connectivity index (χ0n) is 15.0. The van der Waals surface area contributed by atoms with Gasteiger partial charge in [0.1, 0.15) is 6.54 Å². The fourth-order valence-corrected chi connectivity index (χ4v) is 3.79. The van der Waals surface area contributed by atoms with Crippen LogP contribution < -0.4 is 5.32 Å². The predicted molar refractivity (Wildman–Crippen MR) is 97.9 cm³/mol. The smallest absolute Gasteiger partial charge is 0.326 e. The van der Waals surface area contributed by atoms with E-state index in [1.165, 1.54) is 0 Å². The normalized spacial score (nSPS) is 21.8. The Kier molecular flexibility index (Phi) is 5.79. The average Bonchev–Trinajstić information content (AvgIpc) is 2.88. The third-order valence-corrected chi connectivity index (χ3v) is 5.29. The first kappa shape index (κ1) is 19.4. The Labute approximate surface area is 162 Å². The lowest BCUT2D eigenvalue weighted by molar-refractivity contribution is -0.154. The van der Waals surface area contributed by atoms with E-state index in [0.29, 0.717) is 23.6 Å². The van der Waals surface area contributed by atoms with Gasteiger partial charge in [0.15, 0.2) is 6.61 Å². The highest BCUT2D eigenvalue weighted by Crippen LogP contribution is 2.37. The molecular formula is C19H21ClN2O5. The minimum absolute atomic E-state index is 0.305. The first-order chi connectivity index (χ1) is 12.9. The molecule has 0 aromatic heterocycles. The zero-order valence-corrected chi connectivity index (χ0v) is 15.8. The summed E-state index contributed by atoms with van der Waals surface area (Å²) in [5.41, 5.74) is 1.34. The molecule has 1 saturated carbocycles. The average molecular weight is 393 g/mol. The van der Waals surface area contributed by atoms with Gasteiger partial charge in [0.2, 0.25) is 11.8 Å². The van der Waals surface area contributed by atoms with Crippen molar-refractivity contribution in [2.75, 3.05) is 18.5 Å². The molecule has 1 aliphatic carbocycles. The van der Waals surface area contributed by atoms with Crippen molar-refractivity contribution in [3.63, 3.8) is 0 Å². The number of hydrogen-bond acceptors (Lipinski definition) is 5. The van der Waals surface area contributed by atoms with Crippen LogP contribution in [0.15, 0.2) is 18.2 Å². The molecule has 1 aromatic carbocycles. The fourth-order valence-electron chi connectivity index (χ4n) is 3.62. The van der Waals surface area contributed by atoms with Gasteiger partial charge >= 0.3 is 5.97 Å². The topological polar surface area (TPSA) is 92.8 Å². The molecule has 3 amide bonds. The number of hydrogen-bond donors (Lipinski definition) is 1. The summed E-state index contributed by atoms with van der Waals surface area (Å²) in [6.45, 7) is 0.851. The second kappa shape index (κ2) is 8.08. The SMILES string of the molecule is Cc1ccc(Cl)cc1NC(=O)COC(=O)CN1C(=O)C2CCCCC2C1=O. The van der Waals surface area contributed by atoms with E-state index in [2.05, 4.69) is 5.32 Å². The predicted octanol–water partition coefficient (Wildman–Crippen LogP) is 2.31. The van der Waals surface area contributed by atoms with Gasteiger partial charge in [-0.25, -0.2) is 0 Å². The Hall–Kier alpha value is -2.41. The molecule has 1 N–H and O–H groups in total. The summed E-state index contributed by atoms with van der Waals surface area (Å²) in [7, 11) is 0. The summed E-state index contributed by atoms with van der Waals surface area (Å²) in [6, 6.07) is 5.06. The number of amides is 3. The van der Waals surface area contributed by atoms with Crippen LogP contribution in [-0.4, -0.2) is 41.7 Å². The van der Waals surface area contributed by atoms with E-state index in [0.717, 1.165) is 23.3 Å². The monoisotopic (exact) mass is 392 g/mol. The number of fused-ring (bicyclic) bond motifs is 1. The summed E-state index contributed by atoms with van der Waals surface area (Å²) >= 11 is 5.90. The Morgan fingerprint density at radius 2 is 1.81 bits per heavy atom. The molecule has 2 unspecified atom stereocenters. The number of rotatable bonds is 5. The first-order valence-electron chi connectivity index (χ1n) is 8.93. The molecule has 0 radical (unpaired) electrons. The molecule has 1 aliphatic heterocycles. The number of nitrogens with zero attached hydrogens (tertiary/aromatic N) is 1. The number of ether oxygens (including phenoxy) is 1. The van der Waals surface area contributed by atoms with Crippen molar-refractivity contribution in [1.82, 2.24) is 4.90 Å². The molecule has 8 heteroatoms. The molecule has 7 nitrogen and oxygen atoms in total. The van der Waals surface area contributed by atoms with Crippen LogP contribution in [0.5, 0.6) is 0 Å². The number of carbonyl (C=O) groups excluding carboxylic acids is 4. The maximum absolute atomic E-state index is 12.3. The van der Waals surface area contributed by atoms with Crippen molar-refractivity contribution >= 4 is 41.0 Å². The Morgan fingerprint density at radius 1 is 1.19 bits per heavy atom. The van der Waals surface area contributed by atoms with Crippen molar-refractivity contribution in [3.8, 4) is 0 Å². The van der Waals surface area contributed by atoms with E-state index in [-0.39, 0.29) is 23.7 Å². The highest BCUT2D eigenvalue weighted by Gasteiger charge is 2.48. The van der Waals surface area contributed by atoms with Crippen molar-refractivity contribution < 1.29 is 23.9 Å². The highest BCUT2D eigenvalue weighted by atomic mass is 35.5. The molecule has 1 heterocycles. The van der Waals surface area contributed by atoms with Gasteiger partial charge in [-0.3, -0.25) is 24.1 Å². The number of aryl methyl sites for hydroxylation is 1. The first-order valence-corrected chi connectivity index (χ1v) is 9.31. The number of nitrogens with one attached hydrogen (secondary N) is 1. The number of esters is 1. The van der Waals surface area contributed by atoms with Crippen LogP contribution in [-0.2, 0) is 23.9 Å². The van der Waals surface area contributed by atoms with E-state index < -0.39 is 25.0 Å². The minimum Gasteiger partial charge on any atom is -0.454 e. The fraction of sp³-hybridized carbons (Fsp3) is 0.474. The standard InChI is InChI=1S/C19H21ClN2O5/c1-11-6-7-12(20)8-15(11)21-16(23)10-27-17(24)9-22-18(25)13-4-2-3-5-14(13)19(22)26/h6-8,13-14H,2-5,9-10H2,1H3,(H,21,23). The van der Waals surface area contributed by atoms with Crippen LogP contribution in [0, 0.1) is 18.8 Å². The van der Waals surface area contributed by atoms with E-state index in [1.807, 2.05) is 6.92 Å². The minimum atomic E-state index is -0.784. The maximum Gasteiger partial charge on any atom is 0.326 e. The van der Waals surface area contributed by atoms with Gasteiger partial charge in [0, 0.05) is 10.7 Å². The van der Waals surface area contributed by atoms with Crippen molar-refractivity contribution in [3.05, 3.63) is 28.8 Å². The number of halogens is 1. The summed E-state index contributed by atoms with van der Waals surface area (Å²) in [5.74, 6) is -2.54. The van der Waals surface area contributed by atoms with Gasteiger partial charge in [-0.15, -0.1) is 0 Å². The number of imide groups is 1. The van der Waals surface area contributed by atoms with Crippen molar-refractivity contribution in [1.29, 1.82) is 0 Å². The van der Waals surface area contributed by atoms with Gasteiger partial charge in [-0.05, 0) is 37.5 Å². The van der Waals surface area contributed by atoms with Crippen molar-refractivity contribution in [2.24, 2.45) is 11.8 Å². The highest BCUT2D eigenvalue weighted by molar-refractivity contribution is 6.31. The van der Waals surface area contributed by atoms with Gasteiger partial charge in [-0.1, -0.05) is 30.5 Å². The number of likely N-dealkylation sites (tertiary alicyclic amines) is 1. The van der Waals surface area contributed by atoms with Crippen LogP contribution in [0.25, 0.3) is 0 Å². The van der Waals surface area contributed by atoms with Crippen molar-refractivity contribution in [2.45, 2.75) is 32.6 Å². The van der Waals surface area contributed by atoms with E-state index in [9.17, 15) is 19.2 Å². The van der Waals surface area contributed by atoms with Crippen LogP contribution in [0.1, 0.15) is 31.2 Å². The van der Waals surface area contributed by atoms with Gasteiger partial charge < -0.3 is 10.1 Å². The summed E-state index contributed by atoms with van der Waals surface area (Å²) in [6.07, 6.45) is 3.20. The molecule has 27 heavy (non-hydrogen) atoms. The van der Waals surface area contributed by atoms with Crippen LogP contribution >= 0.6 is 11.6 Å². The number of carbonyl (C=O) groups is 4. The van der Waals surface area contributed by atoms with E-state index in [1.54, 1.807) is 18.2 Å². The molecule has 2 fully saturated rings. The molecule has 2 aliphatic rings. The second-order valence-corrected chi connectivity index (χ2v) is 7.36. The molecule has 3 rings (SSSR count). The van der Waals surface area contributed by atoms with Gasteiger partial charge in [-0.2, -0.15) is 0 Å². The molecule has 1 aromatic rings. The third-order valence-electron chi connectivity index (χ3n) is 5.06. The van der Waals surface area contributed by atoms with E-state index in [4.69, 9.17) is 16.3 Å². The molecule has 2 atom stereocenters. The summed E-state index contributed by atoms with van der Waals surface area (Å²) < 4.78 is 4.93. The lowest BCUT2D eigenvalue weighted by Gasteiger charge is -2.19. The summed E-state index contributed by atoms with van der Waals surface area (Å²) in [5, 5.41) is 3.08. The van der Waals surface area contributed by atoms with E-state index >= 15 is 0 Å². The largest absolute Gasteiger partial charge is 0.454 e. The molecule has 144 valence electrons. The quantitative estimate of drug-likeness (QED) is 0.613. The zero-order chi connectivity index (χ0) is 19.6. The third kappa shape index (κ3) is 4.30. The number of benzene rings is 1. The van der Waals surface area contributed by atoms with Gasteiger partial charge in [0.25, 0.3) is 5.91 Å². The van der Waals surface area contributed by atoms with Crippen LogP contribution in [0.3, 0.4) is 0 Å². The molecular weight excluding hydrogens is 372 g/mol. The maximum atomic E-state index is 12.3. The molecule has 0 spiro atoms. The Bertz CT molecular complexity index is 770. The molecule has 1 saturated heterocycles. The lowest BCUT2D eigenvalue weighted by Crippen LogP contribution is -2.37.